The summed E-state index contributed by atoms with van der Waals surface area (Å²) < 4.78 is 23.6. The van der Waals surface area contributed by atoms with Gasteiger partial charge in [0.1, 0.15) is 11.6 Å². The molecule has 7 heteroatoms. The van der Waals surface area contributed by atoms with Crippen LogP contribution in [0.25, 0.3) is 11.1 Å². The number of benzene rings is 3. The Morgan fingerprint density at radius 1 is 0.906 bits per heavy atom. The van der Waals surface area contributed by atoms with Gasteiger partial charge in [0.2, 0.25) is 0 Å². The third-order valence-corrected chi connectivity index (χ3v) is 4.63. The molecule has 3 rings (SSSR count). The Labute approximate surface area is 185 Å². The van der Waals surface area contributed by atoms with E-state index in [0.29, 0.717) is 22.4 Å². The average Bonchev–Trinajstić information content (AvgIpc) is 2.78. The summed E-state index contributed by atoms with van der Waals surface area (Å²) >= 11 is 0. The summed E-state index contributed by atoms with van der Waals surface area (Å²) in [6.07, 6.45) is 0. The number of nitrogens with one attached hydrogen (secondary N) is 1. The molecule has 0 saturated carbocycles. The van der Waals surface area contributed by atoms with E-state index in [1.165, 1.54) is 13.0 Å². The van der Waals surface area contributed by atoms with Gasteiger partial charge in [0.05, 0.1) is 5.56 Å². The van der Waals surface area contributed by atoms with Crippen LogP contribution in [0.4, 0.5) is 4.39 Å². The molecule has 6 nitrogen and oxygen atoms in total. The highest BCUT2D eigenvalue weighted by Gasteiger charge is 2.11. The van der Waals surface area contributed by atoms with Crippen molar-refractivity contribution in [3.05, 3.63) is 89.2 Å². The molecule has 0 unspecified atom stereocenters. The number of hydrogen-bond acceptors (Lipinski definition) is 5. The maximum Gasteiger partial charge on any atom is 0.338 e. The number of hydrogen-bond donors (Lipinski definition) is 1. The molecule has 0 aromatic heterocycles. The van der Waals surface area contributed by atoms with Gasteiger partial charge in [-0.15, -0.1) is 0 Å². The molecule has 0 saturated heterocycles. The zero-order chi connectivity index (χ0) is 23.1. The Morgan fingerprint density at radius 3 is 2.12 bits per heavy atom. The minimum atomic E-state index is -0.627. The molecule has 1 amide bonds. The number of rotatable bonds is 7. The van der Waals surface area contributed by atoms with Crippen LogP contribution < -0.4 is 10.1 Å². The molecule has 0 heterocycles. The second-order valence-electron chi connectivity index (χ2n) is 7.13. The van der Waals surface area contributed by atoms with Crippen LogP contribution in [0.3, 0.4) is 0 Å². The zero-order valence-corrected chi connectivity index (χ0v) is 17.7. The van der Waals surface area contributed by atoms with Crippen molar-refractivity contribution in [2.24, 2.45) is 0 Å². The Balaban J connectivity index is 1.50. The van der Waals surface area contributed by atoms with Gasteiger partial charge < -0.3 is 14.8 Å². The van der Waals surface area contributed by atoms with Crippen molar-refractivity contribution in [1.29, 1.82) is 0 Å². The van der Waals surface area contributed by atoms with Crippen LogP contribution in [0.15, 0.2) is 66.7 Å². The van der Waals surface area contributed by atoms with E-state index in [1.807, 2.05) is 0 Å². The largest absolute Gasteiger partial charge is 0.452 e. The summed E-state index contributed by atoms with van der Waals surface area (Å²) in [4.78, 5) is 35.1. The standard InChI is InChI=1S/C25H22FNO5/c1-16-3-4-18(13-23(16)26)14-27-24(29)15-31-25(30)21-7-5-19(6-8-21)20-9-11-22(12-10-20)32-17(2)28/h3-13H,14-15H2,1-2H3,(H,27,29). The highest BCUT2D eigenvalue weighted by Crippen LogP contribution is 2.23. The fraction of sp³-hybridized carbons (Fsp3) is 0.160. The second-order valence-corrected chi connectivity index (χ2v) is 7.13. The van der Waals surface area contributed by atoms with Gasteiger partial charge in [-0.2, -0.15) is 0 Å². The lowest BCUT2D eigenvalue weighted by atomic mass is 10.0. The number of aryl methyl sites for hydroxylation is 1. The van der Waals surface area contributed by atoms with E-state index in [9.17, 15) is 18.8 Å². The van der Waals surface area contributed by atoms with Crippen LogP contribution in [-0.2, 0) is 20.9 Å². The molecule has 0 aliphatic heterocycles. The predicted octanol–water partition coefficient (Wildman–Crippen LogP) is 4.20. The first-order valence-electron chi connectivity index (χ1n) is 9.89. The van der Waals surface area contributed by atoms with Crippen molar-refractivity contribution in [2.45, 2.75) is 20.4 Å². The van der Waals surface area contributed by atoms with Crippen molar-refractivity contribution >= 4 is 17.8 Å². The molecule has 0 fully saturated rings. The number of ether oxygens (including phenoxy) is 2. The Bertz CT molecular complexity index is 1120. The first-order chi connectivity index (χ1) is 15.3. The Morgan fingerprint density at radius 2 is 1.53 bits per heavy atom. The van der Waals surface area contributed by atoms with E-state index in [1.54, 1.807) is 67.6 Å². The summed E-state index contributed by atoms with van der Waals surface area (Å²) in [7, 11) is 0. The number of amides is 1. The zero-order valence-electron chi connectivity index (χ0n) is 17.7. The summed E-state index contributed by atoms with van der Waals surface area (Å²) in [6.45, 7) is 2.69. The monoisotopic (exact) mass is 435 g/mol. The van der Waals surface area contributed by atoms with Gasteiger partial charge >= 0.3 is 11.9 Å². The van der Waals surface area contributed by atoms with Crippen LogP contribution in [0, 0.1) is 12.7 Å². The van der Waals surface area contributed by atoms with Crippen LogP contribution in [0.5, 0.6) is 5.75 Å². The first-order valence-corrected chi connectivity index (χ1v) is 9.89. The normalized spacial score (nSPS) is 10.3. The average molecular weight is 435 g/mol. The topological polar surface area (TPSA) is 81.7 Å². The number of carbonyl (C=O) groups excluding carboxylic acids is 3. The Hall–Kier alpha value is -4.00. The van der Waals surface area contributed by atoms with E-state index < -0.39 is 24.5 Å². The lowest BCUT2D eigenvalue weighted by Crippen LogP contribution is -2.28. The van der Waals surface area contributed by atoms with Gasteiger partial charge in [-0.1, -0.05) is 36.4 Å². The van der Waals surface area contributed by atoms with Gasteiger partial charge in [0.25, 0.3) is 5.91 Å². The van der Waals surface area contributed by atoms with Crippen LogP contribution in [0.1, 0.15) is 28.4 Å². The van der Waals surface area contributed by atoms with E-state index in [4.69, 9.17) is 9.47 Å². The smallest absolute Gasteiger partial charge is 0.338 e. The van der Waals surface area contributed by atoms with Gasteiger partial charge in [0, 0.05) is 13.5 Å². The molecular weight excluding hydrogens is 413 g/mol. The van der Waals surface area contributed by atoms with Gasteiger partial charge in [-0.05, 0) is 59.5 Å². The molecule has 164 valence electrons. The molecule has 0 radical (unpaired) electrons. The molecule has 3 aromatic rings. The van der Waals surface area contributed by atoms with Gasteiger partial charge in [0.15, 0.2) is 6.61 Å². The molecular formula is C25H22FNO5. The molecule has 0 aliphatic carbocycles. The molecule has 1 N–H and O–H groups in total. The third-order valence-electron chi connectivity index (χ3n) is 4.63. The van der Waals surface area contributed by atoms with Crippen LogP contribution in [0.2, 0.25) is 0 Å². The van der Waals surface area contributed by atoms with E-state index >= 15 is 0 Å². The quantitative estimate of drug-likeness (QED) is 0.444. The van der Waals surface area contributed by atoms with Crippen molar-refractivity contribution in [1.82, 2.24) is 5.32 Å². The van der Waals surface area contributed by atoms with Crippen LogP contribution in [-0.4, -0.2) is 24.5 Å². The van der Waals surface area contributed by atoms with Crippen LogP contribution >= 0.6 is 0 Å². The molecule has 32 heavy (non-hydrogen) atoms. The molecule has 0 aliphatic rings. The van der Waals surface area contributed by atoms with Crippen molar-refractivity contribution in [3.8, 4) is 16.9 Å². The number of carbonyl (C=O) groups is 3. The lowest BCUT2D eigenvalue weighted by molar-refractivity contribution is -0.131. The lowest BCUT2D eigenvalue weighted by Gasteiger charge is -2.08. The first kappa shape index (κ1) is 22.7. The molecule has 0 bridgehead atoms. The van der Waals surface area contributed by atoms with Gasteiger partial charge in [-0.3, -0.25) is 9.59 Å². The third kappa shape index (κ3) is 6.25. The fourth-order valence-electron chi connectivity index (χ4n) is 2.89. The molecule has 0 atom stereocenters. The van der Waals surface area contributed by atoms with Gasteiger partial charge in [-0.25, -0.2) is 9.18 Å². The Kier molecular flexibility index (Phi) is 7.33. The molecule has 0 spiro atoms. The van der Waals surface area contributed by atoms with Crippen molar-refractivity contribution < 1.29 is 28.2 Å². The summed E-state index contributed by atoms with van der Waals surface area (Å²) in [5.74, 6) is -1.39. The summed E-state index contributed by atoms with van der Waals surface area (Å²) in [5, 5.41) is 2.59. The van der Waals surface area contributed by atoms with E-state index in [0.717, 1.165) is 11.1 Å². The van der Waals surface area contributed by atoms with E-state index in [2.05, 4.69) is 5.32 Å². The maximum absolute atomic E-state index is 13.5. The fourth-order valence-corrected chi connectivity index (χ4v) is 2.89. The predicted molar refractivity (Wildman–Crippen MR) is 116 cm³/mol. The van der Waals surface area contributed by atoms with Crippen molar-refractivity contribution in [3.63, 3.8) is 0 Å². The highest BCUT2D eigenvalue weighted by molar-refractivity contribution is 5.91. The SMILES string of the molecule is CC(=O)Oc1ccc(-c2ccc(C(=O)OCC(=O)NCc3ccc(C)c(F)c3)cc2)cc1. The number of esters is 2. The number of halogens is 1. The minimum absolute atomic E-state index is 0.137. The summed E-state index contributed by atoms with van der Waals surface area (Å²) in [6, 6.07) is 18.4. The highest BCUT2D eigenvalue weighted by atomic mass is 19.1. The molecule has 3 aromatic carbocycles. The maximum atomic E-state index is 13.5. The van der Waals surface area contributed by atoms with Crippen molar-refractivity contribution in [2.75, 3.05) is 6.61 Å². The summed E-state index contributed by atoms with van der Waals surface area (Å²) in [5.41, 5.74) is 3.19. The van der Waals surface area contributed by atoms with E-state index in [-0.39, 0.29) is 12.4 Å². The minimum Gasteiger partial charge on any atom is -0.452 e. The second kappa shape index (κ2) is 10.3.